The van der Waals surface area contributed by atoms with Gasteiger partial charge in [-0.2, -0.15) is 0 Å². The van der Waals surface area contributed by atoms with Crippen LogP contribution in [0.1, 0.15) is 12.5 Å². The van der Waals surface area contributed by atoms with Crippen molar-refractivity contribution in [2.45, 2.75) is 19.9 Å². The number of aryl methyl sites for hydroxylation is 1. The Labute approximate surface area is 219 Å². The van der Waals surface area contributed by atoms with E-state index in [-0.39, 0.29) is 12.1 Å². The van der Waals surface area contributed by atoms with Gasteiger partial charge in [-0.3, -0.25) is 0 Å². The van der Waals surface area contributed by atoms with E-state index >= 15 is 0 Å². The van der Waals surface area contributed by atoms with Crippen molar-refractivity contribution in [1.29, 1.82) is 0 Å². The first-order valence-electron chi connectivity index (χ1n) is 12.3. The van der Waals surface area contributed by atoms with Crippen molar-refractivity contribution >= 4 is 45.8 Å². The highest BCUT2D eigenvalue weighted by Crippen LogP contribution is 2.30. The van der Waals surface area contributed by atoms with E-state index in [2.05, 4.69) is 46.4 Å². The highest BCUT2D eigenvalue weighted by molar-refractivity contribution is 6.30. The van der Waals surface area contributed by atoms with E-state index in [0.29, 0.717) is 30.3 Å². The molecule has 2 aromatic heterocycles. The topological polar surface area (TPSA) is 78.7 Å². The molecule has 37 heavy (non-hydrogen) atoms. The number of carbonyl (C=O) groups is 1. The monoisotopic (exact) mass is 511 g/mol. The molecule has 1 unspecified atom stereocenters. The Bertz CT molecular complexity index is 1630. The van der Waals surface area contributed by atoms with Crippen LogP contribution in [0, 0.1) is 6.92 Å². The van der Waals surface area contributed by atoms with Gasteiger partial charge in [0.05, 0.1) is 5.52 Å². The van der Waals surface area contributed by atoms with Gasteiger partial charge in [-0.1, -0.05) is 53.6 Å². The summed E-state index contributed by atoms with van der Waals surface area (Å²) in [6.45, 7) is 5.91. The molecule has 5 aromatic rings. The van der Waals surface area contributed by atoms with E-state index < -0.39 is 0 Å². The van der Waals surface area contributed by atoms with Gasteiger partial charge >= 0.3 is 6.03 Å². The van der Waals surface area contributed by atoms with Crippen LogP contribution in [0.3, 0.4) is 0 Å². The molecule has 0 radical (unpaired) electrons. The predicted octanol–water partition coefficient (Wildman–Crippen LogP) is 5.65. The highest BCUT2D eigenvalue weighted by Gasteiger charge is 2.30. The fourth-order valence-corrected chi connectivity index (χ4v) is 5.14. The number of nitrogens with one attached hydrogen (secondary N) is 1. The fraction of sp³-hybridized carbons (Fsp3) is 0.214. The largest absolute Gasteiger partial charge is 0.338 e. The summed E-state index contributed by atoms with van der Waals surface area (Å²) in [6.07, 6.45) is 0. The molecule has 8 nitrogen and oxygen atoms in total. The van der Waals surface area contributed by atoms with Crippen LogP contribution >= 0.6 is 11.6 Å². The number of hydrogen-bond acceptors (Lipinski definition) is 5. The van der Waals surface area contributed by atoms with Gasteiger partial charge in [-0.25, -0.2) is 14.2 Å². The molecule has 1 atom stereocenters. The molecule has 0 aliphatic carbocycles. The summed E-state index contributed by atoms with van der Waals surface area (Å²) in [6, 6.07) is 23.2. The van der Waals surface area contributed by atoms with Gasteiger partial charge in [0.2, 0.25) is 5.95 Å². The van der Waals surface area contributed by atoms with Crippen molar-refractivity contribution in [3.05, 3.63) is 83.4 Å². The molecular formula is C28H26ClN7O. The fourth-order valence-electron chi connectivity index (χ4n) is 4.95. The van der Waals surface area contributed by atoms with Crippen molar-refractivity contribution in [1.82, 2.24) is 24.5 Å². The molecule has 3 aromatic carbocycles. The van der Waals surface area contributed by atoms with E-state index in [0.717, 1.165) is 39.4 Å². The third-order valence-electron chi connectivity index (χ3n) is 6.75. The minimum Gasteiger partial charge on any atom is -0.338 e. The summed E-state index contributed by atoms with van der Waals surface area (Å²) in [5.41, 5.74) is 4.45. The molecule has 9 heteroatoms. The lowest BCUT2D eigenvalue weighted by Gasteiger charge is -2.40. The predicted molar refractivity (Wildman–Crippen MR) is 147 cm³/mol. The molecule has 0 bridgehead atoms. The Morgan fingerprint density at radius 3 is 2.65 bits per heavy atom. The number of urea groups is 1. The lowest BCUT2D eigenvalue weighted by Crippen LogP contribution is -2.55. The van der Waals surface area contributed by atoms with E-state index in [9.17, 15) is 4.79 Å². The lowest BCUT2D eigenvalue weighted by atomic mass is 10.1. The quantitative estimate of drug-likeness (QED) is 0.338. The van der Waals surface area contributed by atoms with Crippen LogP contribution in [0.2, 0.25) is 5.02 Å². The molecule has 1 N–H and O–H groups in total. The molecule has 1 fully saturated rings. The average Bonchev–Trinajstić information content (AvgIpc) is 3.34. The number of para-hydroxylation sites is 1. The third kappa shape index (κ3) is 4.34. The van der Waals surface area contributed by atoms with Crippen LogP contribution in [0.4, 0.5) is 16.4 Å². The van der Waals surface area contributed by atoms with Crippen LogP contribution in [-0.2, 0) is 0 Å². The van der Waals surface area contributed by atoms with Gasteiger partial charge in [0.1, 0.15) is 0 Å². The molecule has 1 aliphatic heterocycles. The lowest BCUT2D eigenvalue weighted by molar-refractivity contribution is 0.184. The standard InChI is InChI=1S/C28H26ClN7O/c1-18-7-5-8-20(15-18)25-32-33-26-23-11-3-4-12-24(23)31-27(36(25)26)34-13-14-35(19(2)17-34)28(37)30-22-10-6-9-21(29)16-22/h3-12,15-16,19H,13-14,17H2,1-2H3,(H,30,37). The van der Waals surface area contributed by atoms with Crippen LogP contribution in [0.5, 0.6) is 0 Å². The summed E-state index contributed by atoms with van der Waals surface area (Å²) in [7, 11) is 0. The first-order valence-corrected chi connectivity index (χ1v) is 12.6. The summed E-state index contributed by atoms with van der Waals surface area (Å²) < 4.78 is 2.05. The second-order valence-electron chi connectivity index (χ2n) is 9.41. The first-order chi connectivity index (χ1) is 18.0. The van der Waals surface area contributed by atoms with Gasteiger partial charge in [0.25, 0.3) is 0 Å². The zero-order chi connectivity index (χ0) is 25.5. The van der Waals surface area contributed by atoms with Gasteiger partial charge in [0, 0.05) is 47.3 Å². The maximum absolute atomic E-state index is 13.1. The Balaban J connectivity index is 1.35. The average molecular weight is 512 g/mol. The summed E-state index contributed by atoms with van der Waals surface area (Å²) in [5.74, 6) is 1.53. The number of aromatic nitrogens is 4. The molecule has 1 saturated heterocycles. The number of hydrogen-bond donors (Lipinski definition) is 1. The van der Waals surface area contributed by atoms with Gasteiger partial charge < -0.3 is 15.1 Å². The van der Waals surface area contributed by atoms with E-state index in [1.807, 2.05) is 57.8 Å². The van der Waals surface area contributed by atoms with Crippen molar-refractivity contribution in [2.75, 3.05) is 29.9 Å². The summed E-state index contributed by atoms with van der Waals surface area (Å²) in [4.78, 5) is 22.2. The normalized spacial score (nSPS) is 15.9. The van der Waals surface area contributed by atoms with Crippen molar-refractivity contribution in [3.63, 3.8) is 0 Å². The maximum atomic E-state index is 13.1. The minimum absolute atomic E-state index is 0.0462. The molecule has 0 saturated carbocycles. The Morgan fingerprint density at radius 2 is 1.84 bits per heavy atom. The van der Waals surface area contributed by atoms with Gasteiger partial charge in [-0.05, 0) is 50.2 Å². The number of rotatable bonds is 3. The second kappa shape index (κ2) is 9.37. The smallest absolute Gasteiger partial charge is 0.322 e. The van der Waals surface area contributed by atoms with E-state index in [1.165, 1.54) is 0 Å². The Hall–Kier alpha value is -4.17. The zero-order valence-corrected chi connectivity index (χ0v) is 21.4. The number of halogens is 1. The number of amides is 2. The number of benzene rings is 3. The van der Waals surface area contributed by atoms with Gasteiger partial charge in [-0.15, -0.1) is 10.2 Å². The minimum atomic E-state index is -0.143. The number of piperazine rings is 1. The molecule has 186 valence electrons. The SMILES string of the molecule is Cc1cccc(-c2nnc3c4ccccc4nc(N4CCN(C(=O)Nc5cccc(Cl)c5)C(C)C4)n23)c1. The molecular weight excluding hydrogens is 486 g/mol. The maximum Gasteiger partial charge on any atom is 0.322 e. The number of anilines is 2. The summed E-state index contributed by atoms with van der Waals surface area (Å²) in [5, 5.41) is 13.7. The molecule has 0 spiro atoms. The van der Waals surface area contributed by atoms with Crippen LogP contribution in [0.15, 0.2) is 72.8 Å². The van der Waals surface area contributed by atoms with Crippen molar-refractivity contribution < 1.29 is 4.79 Å². The van der Waals surface area contributed by atoms with Crippen molar-refractivity contribution in [2.24, 2.45) is 0 Å². The number of carbonyl (C=O) groups excluding carboxylic acids is 1. The first kappa shape index (κ1) is 23.2. The van der Waals surface area contributed by atoms with Crippen molar-refractivity contribution in [3.8, 4) is 11.4 Å². The van der Waals surface area contributed by atoms with E-state index in [1.54, 1.807) is 12.1 Å². The summed E-state index contributed by atoms with van der Waals surface area (Å²) >= 11 is 6.08. The van der Waals surface area contributed by atoms with Crippen LogP contribution in [0.25, 0.3) is 27.9 Å². The second-order valence-corrected chi connectivity index (χ2v) is 9.85. The Kier molecular flexibility index (Phi) is 5.88. The molecule has 1 aliphatic rings. The molecule has 2 amide bonds. The number of nitrogens with zero attached hydrogens (tertiary/aromatic N) is 6. The zero-order valence-electron chi connectivity index (χ0n) is 20.6. The van der Waals surface area contributed by atoms with Gasteiger partial charge in [0.15, 0.2) is 11.5 Å². The highest BCUT2D eigenvalue weighted by atomic mass is 35.5. The molecule has 6 rings (SSSR count). The van der Waals surface area contributed by atoms with E-state index in [4.69, 9.17) is 16.6 Å². The number of fused-ring (bicyclic) bond motifs is 3. The Morgan fingerprint density at radius 1 is 1.00 bits per heavy atom. The van der Waals surface area contributed by atoms with Crippen LogP contribution in [-0.4, -0.2) is 56.2 Å². The molecule has 3 heterocycles. The third-order valence-corrected chi connectivity index (χ3v) is 6.99. The van der Waals surface area contributed by atoms with Crippen LogP contribution < -0.4 is 10.2 Å².